The van der Waals surface area contributed by atoms with E-state index in [0.29, 0.717) is 19.7 Å². The zero-order chi connectivity index (χ0) is 18.7. The van der Waals surface area contributed by atoms with Gasteiger partial charge in [-0.15, -0.1) is 0 Å². The lowest BCUT2D eigenvalue weighted by molar-refractivity contribution is 0.00434. The van der Waals surface area contributed by atoms with Crippen LogP contribution in [-0.2, 0) is 11.3 Å². The molecule has 0 radical (unpaired) electrons. The number of carboxylic acids is 1. The monoisotopic (exact) mass is 357 g/mol. The average Bonchev–Trinajstić information content (AvgIpc) is 3.13. The molecule has 7 heteroatoms. The van der Waals surface area contributed by atoms with Gasteiger partial charge in [-0.25, -0.2) is 9.59 Å². The Labute approximate surface area is 152 Å². The Morgan fingerprint density at radius 1 is 1.19 bits per heavy atom. The Balaban J connectivity index is 1.49. The molecule has 1 aliphatic rings. The minimum absolute atomic E-state index is 0.118. The van der Waals surface area contributed by atoms with Crippen LogP contribution in [0, 0.1) is 13.8 Å². The number of carboxylic acid groups (broad SMARTS) is 1. The van der Waals surface area contributed by atoms with Gasteiger partial charge in [0.25, 0.3) is 0 Å². The van der Waals surface area contributed by atoms with Crippen LogP contribution < -0.4 is 0 Å². The number of amides is 1. The van der Waals surface area contributed by atoms with E-state index in [0.717, 1.165) is 23.1 Å². The van der Waals surface area contributed by atoms with Crippen molar-refractivity contribution in [1.82, 2.24) is 14.7 Å². The third-order valence-corrected chi connectivity index (χ3v) is 4.77. The van der Waals surface area contributed by atoms with E-state index < -0.39 is 5.97 Å². The molecule has 0 saturated carbocycles. The van der Waals surface area contributed by atoms with Crippen LogP contribution in [0.1, 0.15) is 40.0 Å². The fraction of sp³-hybridized carbons (Fsp3) is 0.421. The Morgan fingerprint density at radius 2 is 1.92 bits per heavy atom. The molecular weight excluding hydrogens is 334 g/mol. The number of piperidine rings is 1. The van der Waals surface area contributed by atoms with Gasteiger partial charge in [0.15, 0.2) is 5.69 Å². The number of aryl methyl sites for hydroxylation is 2. The average molecular weight is 357 g/mol. The number of hydrogen-bond donors (Lipinski definition) is 1. The highest BCUT2D eigenvalue weighted by atomic mass is 16.5. The number of carbonyl (C=O) groups is 2. The molecule has 2 heterocycles. The highest BCUT2D eigenvalue weighted by Crippen LogP contribution is 2.18. The number of carbonyl (C=O) groups excluding carboxylic acids is 1. The van der Waals surface area contributed by atoms with Crippen LogP contribution in [-0.4, -0.2) is 51.0 Å². The molecule has 1 fully saturated rings. The van der Waals surface area contributed by atoms with Crippen LogP contribution in [0.15, 0.2) is 30.5 Å². The van der Waals surface area contributed by atoms with Crippen molar-refractivity contribution in [1.29, 1.82) is 0 Å². The summed E-state index contributed by atoms with van der Waals surface area (Å²) in [5.41, 5.74) is 3.55. The van der Waals surface area contributed by atoms with Crippen LogP contribution in [0.2, 0.25) is 0 Å². The summed E-state index contributed by atoms with van der Waals surface area (Å²) < 4.78 is 7.08. The predicted octanol–water partition coefficient (Wildman–Crippen LogP) is 2.85. The summed E-state index contributed by atoms with van der Waals surface area (Å²) in [5.74, 6) is -1.14. The molecule has 26 heavy (non-hydrogen) atoms. The Bertz CT molecular complexity index is 807. The van der Waals surface area contributed by atoms with Gasteiger partial charge >= 0.3 is 12.0 Å². The lowest BCUT2D eigenvalue weighted by Gasteiger charge is -2.31. The van der Waals surface area contributed by atoms with Crippen molar-refractivity contribution in [2.75, 3.05) is 13.1 Å². The van der Waals surface area contributed by atoms with E-state index >= 15 is 0 Å². The molecule has 1 amide bonds. The van der Waals surface area contributed by atoms with Crippen molar-refractivity contribution in [2.24, 2.45) is 0 Å². The lowest BCUT2D eigenvalue weighted by Crippen LogP contribution is -2.43. The third kappa shape index (κ3) is 4.11. The second kappa shape index (κ2) is 7.70. The molecule has 0 bridgehead atoms. The molecular formula is C19H23N3O4. The second-order valence-electron chi connectivity index (χ2n) is 6.65. The van der Waals surface area contributed by atoms with Crippen molar-refractivity contribution >= 4 is 12.0 Å². The summed E-state index contributed by atoms with van der Waals surface area (Å²) in [5, 5.41) is 12.7. The van der Waals surface area contributed by atoms with Crippen molar-refractivity contribution in [3.8, 4) is 0 Å². The zero-order valence-electron chi connectivity index (χ0n) is 15.0. The molecule has 0 spiro atoms. The maximum atomic E-state index is 12.4. The summed E-state index contributed by atoms with van der Waals surface area (Å²) in [7, 11) is 0. The van der Waals surface area contributed by atoms with E-state index in [1.54, 1.807) is 4.90 Å². The van der Waals surface area contributed by atoms with E-state index in [4.69, 9.17) is 9.84 Å². The van der Waals surface area contributed by atoms with E-state index in [2.05, 4.69) is 37.1 Å². The van der Waals surface area contributed by atoms with Gasteiger partial charge in [0, 0.05) is 19.3 Å². The summed E-state index contributed by atoms with van der Waals surface area (Å²) >= 11 is 0. The SMILES string of the molecule is Cc1ccc(COC2CCN(C(=O)n3ccc(C(=O)O)n3)CC2)cc1C. The van der Waals surface area contributed by atoms with E-state index in [-0.39, 0.29) is 17.8 Å². The number of aromatic nitrogens is 2. The number of likely N-dealkylation sites (tertiary alicyclic amines) is 1. The van der Waals surface area contributed by atoms with Crippen LogP contribution in [0.3, 0.4) is 0 Å². The van der Waals surface area contributed by atoms with Crippen molar-refractivity contribution < 1.29 is 19.4 Å². The van der Waals surface area contributed by atoms with Gasteiger partial charge < -0.3 is 14.7 Å². The standard InChI is InChI=1S/C19H23N3O4/c1-13-3-4-15(11-14(13)2)12-26-16-5-8-21(9-6-16)19(25)22-10-7-17(20-22)18(23)24/h3-4,7,10-11,16H,5-6,8-9,12H2,1-2H3,(H,23,24). The van der Waals surface area contributed by atoms with Gasteiger partial charge in [-0.05, 0) is 49.4 Å². The summed E-state index contributed by atoms with van der Waals surface area (Å²) in [6.45, 7) is 5.89. The minimum Gasteiger partial charge on any atom is -0.476 e. The fourth-order valence-electron chi connectivity index (χ4n) is 3.01. The largest absolute Gasteiger partial charge is 0.476 e. The lowest BCUT2D eigenvalue weighted by atomic mass is 10.1. The number of aromatic carboxylic acids is 1. The number of benzene rings is 1. The quantitative estimate of drug-likeness (QED) is 0.909. The highest BCUT2D eigenvalue weighted by molar-refractivity contribution is 5.86. The first-order valence-electron chi connectivity index (χ1n) is 8.70. The number of rotatable bonds is 4. The van der Waals surface area contributed by atoms with E-state index in [1.165, 1.54) is 23.4 Å². The second-order valence-corrected chi connectivity index (χ2v) is 6.65. The molecule has 3 rings (SSSR count). The first-order chi connectivity index (χ1) is 12.4. The third-order valence-electron chi connectivity index (χ3n) is 4.77. The van der Waals surface area contributed by atoms with Gasteiger partial charge in [0.1, 0.15) is 0 Å². The van der Waals surface area contributed by atoms with Crippen LogP contribution in [0.5, 0.6) is 0 Å². The number of ether oxygens (including phenoxy) is 1. The van der Waals surface area contributed by atoms with Crippen LogP contribution >= 0.6 is 0 Å². The Hall–Kier alpha value is -2.67. The number of nitrogens with zero attached hydrogens (tertiary/aromatic N) is 3. The zero-order valence-corrected chi connectivity index (χ0v) is 15.0. The molecule has 1 aromatic carbocycles. The molecule has 0 unspecified atom stereocenters. The predicted molar refractivity (Wildman–Crippen MR) is 95.3 cm³/mol. The smallest absolute Gasteiger partial charge is 0.356 e. The molecule has 0 atom stereocenters. The maximum Gasteiger partial charge on any atom is 0.356 e. The molecule has 2 aromatic rings. The summed E-state index contributed by atoms with van der Waals surface area (Å²) in [4.78, 5) is 24.9. The summed E-state index contributed by atoms with van der Waals surface area (Å²) in [6, 6.07) is 7.35. The molecule has 1 saturated heterocycles. The van der Waals surface area contributed by atoms with Gasteiger partial charge in [-0.3, -0.25) is 0 Å². The molecule has 7 nitrogen and oxygen atoms in total. The molecule has 1 N–H and O–H groups in total. The Morgan fingerprint density at radius 3 is 2.54 bits per heavy atom. The minimum atomic E-state index is -1.14. The topological polar surface area (TPSA) is 84.7 Å². The molecule has 138 valence electrons. The first kappa shape index (κ1) is 18.1. The van der Waals surface area contributed by atoms with Gasteiger partial charge in [-0.2, -0.15) is 9.78 Å². The van der Waals surface area contributed by atoms with Gasteiger partial charge in [0.05, 0.1) is 12.7 Å². The number of hydrogen-bond acceptors (Lipinski definition) is 4. The molecule has 1 aromatic heterocycles. The van der Waals surface area contributed by atoms with Crippen molar-refractivity contribution in [3.63, 3.8) is 0 Å². The molecule has 1 aliphatic heterocycles. The molecule has 0 aliphatic carbocycles. The van der Waals surface area contributed by atoms with Crippen molar-refractivity contribution in [2.45, 2.75) is 39.4 Å². The van der Waals surface area contributed by atoms with Crippen LogP contribution in [0.25, 0.3) is 0 Å². The maximum absolute atomic E-state index is 12.4. The Kier molecular flexibility index (Phi) is 5.37. The van der Waals surface area contributed by atoms with E-state index in [1.807, 2.05) is 0 Å². The van der Waals surface area contributed by atoms with Gasteiger partial charge in [0.2, 0.25) is 0 Å². The highest BCUT2D eigenvalue weighted by Gasteiger charge is 2.25. The van der Waals surface area contributed by atoms with Crippen LogP contribution in [0.4, 0.5) is 4.79 Å². The normalized spacial score (nSPS) is 15.2. The van der Waals surface area contributed by atoms with E-state index in [9.17, 15) is 9.59 Å². The fourth-order valence-corrected chi connectivity index (χ4v) is 3.01. The van der Waals surface area contributed by atoms with Gasteiger partial charge in [-0.1, -0.05) is 18.2 Å². The van der Waals surface area contributed by atoms with Crippen molar-refractivity contribution in [3.05, 3.63) is 52.8 Å². The first-order valence-corrected chi connectivity index (χ1v) is 8.70. The summed E-state index contributed by atoms with van der Waals surface area (Å²) in [6.07, 6.45) is 3.01.